The number of anilines is 5. The Balaban J connectivity index is 1.16. The van der Waals surface area contributed by atoms with Gasteiger partial charge in [0.25, 0.3) is 0 Å². The second kappa shape index (κ2) is 15.8. The van der Waals surface area contributed by atoms with Gasteiger partial charge in [0, 0.05) is 80.8 Å². The molecule has 0 spiro atoms. The van der Waals surface area contributed by atoms with Gasteiger partial charge in [0.05, 0.1) is 29.9 Å². The van der Waals surface area contributed by atoms with Crippen LogP contribution in [-0.2, 0) is 28.0 Å². The number of carbonyl (C=O) groups is 3. The number of imide groups is 1. The largest absolute Gasteiger partial charge is 0.494 e. The summed E-state index contributed by atoms with van der Waals surface area (Å²) in [5.74, 6) is 0.0430. The Morgan fingerprint density at radius 1 is 1.08 bits per heavy atom. The minimum atomic E-state index is -0.443. The highest BCUT2D eigenvalue weighted by Crippen LogP contribution is 2.38. The van der Waals surface area contributed by atoms with Crippen molar-refractivity contribution in [3.8, 4) is 17.0 Å². The van der Waals surface area contributed by atoms with Gasteiger partial charge >= 0.3 is 0 Å². The lowest BCUT2D eigenvalue weighted by Gasteiger charge is -2.27. The second-order valence-electron chi connectivity index (χ2n) is 12.8. The first-order valence-corrected chi connectivity index (χ1v) is 17.0. The number of rotatable bonds is 14. The number of methoxy groups -OCH3 is 1. The molecular weight excluding hydrogens is 658 g/mol. The van der Waals surface area contributed by atoms with Gasteiger partial charge in [-0.15, -0.1) is 0 Å². The van der Waals surface area contributed by atoms with Gasteiger partial charge in [-0.05, 0) is 55.4 Å². The molecule has 2 aromatic heterocycles. The smallest absolute Gasteiger partial charge is 0.249 e. The number of piperidine rings is 1. The van der Waals surface area contributed by atoms with E-state index < -0.39 is 6.04 Å². The van der Waals surface area contributed by atoms with Crippen molar-refractivity contribution < 1.29 is 19.1 Å². The molecule has 1 fully saturated rings. The zero-order valence-corrected chi connectivity index (χ0v) is 29.8. The fourth-order valence-electron chi connectivity index (χ4n) is 6.29. The minimum absolute atomic E-state index is 0.238. The Hall–Kier alpha value is -6.21. The zero-order valence-electron chi connectivity index (χ0n) is 29.8. The average molecular weight is 702 g/mol. The number of aryl methyl sites for hydroxylation is 1. The molecule has 0 bridgehead atoms. The molecule has 3 amide bonds. The third-order valence-corrected chi connectivity index (χ3v) is 9.02. The number of nitrogens with zero attached hydrogens (tertiary/aromatic N) is 5. The number of aromatic nitrogens is 3. The highest BCUT2D eigenvalue weighted by atomic mass is 16.5. The lowest BCUT2D eigenvalue weighted by atomic mass is 10.1. The molecule has 1 aliphatic heterocycles. The van der Waals surface area contributed by atoms with Crippen LogP contribution in [0.25, 0.3) is 22.2 Å². The van der Waals surface area contributed by atoms with E-state index in [4.69, 9.17) is 9.72 Å². The molecule has 0 aliphatic carbocycles. The number of para-hydroxylation sites is 1. The molecule has 0 radical (unpaired) electrons. The molecule has 3 heterocycles. The second-order valence-corrected chi connectivity index (χ2v) is 12.8. The third kappa shape index (κ3) is 8.22. The van der Waals surface area contributed by atoms with E-state index in [1.165, 1.54) is 6.08 Å². The molecule has 1 atom stereocenters. The standard InChI is InChI=1S/C39H43N9O4/c1-6-36(49)42-31-21-32(44-39-40-17-16-29(43-39)28-24-48(4)33-13-8-7-12-27(28)33)35(52-5)22-34(31)47(3)19-18-46(2)23-25-10-9-11-26(20-25)41-30-14-15-37(50)45-38(30)51/h6-13,16-17,20-22,24,30,41H,1,14-15,18-19,23H2,2-5H3,(H,42,49)(H,40,43,44)(H,45,50,51). The fraction of sp³-hybridized carbons (Fsp3) is 0.256. The maximum absolute atomic E-state index is 12.6. The third-order valence-electron chi connectivity index (χ3n) is 9.02. The Morgan fingerprint density at radius 3 is 2.69 bits per heavy atom. The first-order valence-electron chi connectivity index (χ1n) is 17.0. The molecule has 6 rings (SSSR count). The lowest BCUT2D eigenvalue weighted by Crippen LogP contribution is -2.47. The number of hydrogen-bond acceptors (Lipinski definition) is 10. The number of ether oxygens (including phenoxy) is 1. The van der Waals surface area contributed by atoms with Gasteiger partial charge in [-0.2, -0.15) is 0 Å². The van der Waals surface area contributed by atoms with Gasteiger partial charge in [0.2, 0.25) is 23.7 Å². The molecule has 52 heavy (non-hydrogen) atoms. The molecule has 13 heteroatoms. The van der Waals surface area contributed by atoms with E-state index in [2.05, 4.69) is 65.5 Å². The Bertz CT molecular complexity index is 2130. The molecule has 3 aromatic carbocycles. The van der Waals surface area contributed by atoms with E-state index in [1.807, 2.05) is 75.7 Å². The molecular formula is C39H43N9O4. The van der Waals surface area contributed by atoms with Gasteiger partial charge in [-0.3, -0.25) is 19.7 Å². The molecule has 1 unspecified atom stereocenters. The van der Waals surface area contributed by atoms with Crippen molar-refractivity contribution in [3.63, 3.8) is 0 Å². The van der Waals surface area contributed by atoms with Crippen molar-refractivity contribution in [1.82, 2.24) is 24.8 Å². The summed E-state index contributed by atoms with van der Waals surface area (Å²) in [6, 6.07) is 21.2. The van der Waals surface area contributed by atoms with Gasteiger partial charge in [0.15, 0.2) is 0 Å². The van der Waals surface area contributed by atoms with Gasteiger partial charge in [0.1, 0.15) is 11.8 Å². The van der Waals surface area contributed by atoms with Crippen LogP contribution in [0.3, 0.4) is 0 Å². The van der Waals surface area contributed by atoms with E-state index in [9.17, 15) is 14.4 Å². The van der Waals surface area contributed by atoms with Crippen LogP contribution in [0, 0.1) is 0 Å². The zero-order chi connectivity index (χ0) is 36.8. The van der Waals surface area contributed by atoms with Crippen molar-refractivity contribution in [2.75, 3.05) is 55.1 Å². The van der Waals surface area contributed by atoms with E-state index in [0.717, 1.165) is 39.1 Å². The van der Waals surface area contributed by atoms with Crippen molar-refractivity contribution in [2.24, 2.45) is 7.05 Å². The van der Waals surface area contributed by atoms with E-state index in [-0.39, 0.29) is 17.7 Å². The summed E-state index contributed by atoms with van der Waals surface area (Å²) in [7, 11) is 7.60. The molecule has 268 valence electrons. The van der Waals surface area contributed by atoms with E-state index >= 15 is 0 Å². The fourth-order valence-corrected chi connectivity index (χ4v) is 6.29. The van der Waals surface area contributed by atoms with E-state index in [0.29, 0.717) is 55.5 Å². The van der Waals surface area contributed by atoms with Crippen LogP contribution < -0.4 is 30.9 Å². The van der Waals surface area contributed by atoms with Crippen molar-refractivity contribution in [1.29, 1.82) is 0 Å². The molecule has 4 N–H and O–H groups in total. The molecule has 0 saturated carbocycles. The van der Waals surface area contributed by atoms with Crippen molar-refractivity contribution in [3.05, 3.63) is 97.3 Å². The number of fused-ring (bicyclic) bond motifs is 1. The maximum Gasteiger partial charge on any atom is 0.249 e. The topological polar surface area (TPSA) is 146 Å². The Kier molecular flexibility index (Phi) is 10.8. The average Bonchev–Trinajstić information content (AvgIpc) is 3.48. The van der Waals surface area contributed by atoms with Crippen molar-refractivity contribution in [2.45, 2.75) is 25.4 Å². The van der Waals surface area contributed by atoms with E-state index in [1.54, 1.807) is 13.3 Å². The lowest BCUT2D eigenvalue weighted by molar-refractivity contribution is -0.133. The SMILES string of the molecule is C=CC(=O)Nc1cc(Nc2nccc(-c3cn(C)c4ccccc34)n2)c(OC)cc1N(C)CCN(C)Cc1cccc(NC2CCC(=O)NC2=O)c1. The number of amides is 3. The summed E-state index contributed by atoms with van der Waals surface area (Å²) >= 11 is 0. The number of likely N-dealkylation sites (N-methyl/N-ethyl adjacent to an activating group) is 2. The van der Waals surface area contributed by atoms with Crippen LogP contribution in [0.15, 0.2) is 91.8 Å². The predicted octanol–water partition coefficient (Wildman–Crippen LogP) is 5.30. The number of carbonyl (C=O) groups excluding carboxylic acids is 3. The van der Waals surface area contributed by atoms with Gasteiger partial charge < -0.3 is 35.1 Å². The minimum Gasteiger partial charge on any atom is -0.494 e. The summed E-state index contributed by atoms with van der Waals surface area (Å²) in [5.41, 5.74) is 6.67. The summed E-state index contributed by atoms with van der Waals surface area (Å²) in [5, 5.41) is 13.0. The monoisotopic (exact) mass is 701 g/mol. The van der Waals surface area contributed by atoms with Crippen LogP contribution in [0.1, 0.15) is 18.4 Å². The molecule has 1 saturated heterocycles. The normalized spacial score (nSPS) is 14.2. The highest BCUT2D eigenvalue weighted by Gasteiger charge is 2.26. The van der Waals surface area contributed by atoms with Crippen LogP contribution in [0.5, 0.6) is 5.75 Å². The molecule has 5 aromatic rings. The number of hydrogen-bond donors (Lipinski definition) is 4. The quantitative estimate of drug-likeness (QED) is 0.0890. The Morgan fingerprint density at radius 2 is 1.90 bits per heavy atom. The van der Waals surface area contributed by atoms with Crippen LogP contribution in [0.4, 0.5) is 28.7 Å². The highest BCUT2D eigenvalue weighted by molar-refractivity contribution is 6.03. The maximum atomic E-state index is 12.6. The Labute approximate surface area is 302 Å². The predicted molar refractivity (Wildman–Crippen MR) is 205 cm³/mol. The summed E-state index contributed by atoms with van der Waals surface area (Å²) in [6.45, 7) is 5.63. The summed E-state index contributed by atoms with van der Waals surface area (Å²) in [4.78, 5) is 49.9. The van der Waals surface area contributed by atoms with Gasteiger partial charge in [-0.1, -0.05) is 36.9 Å². The molecule has 1 aliphatic rings. The first kappa shape index (κ1) is 35.6. The number of benzene rings is 3. The van der Waals surface area contributed by atoms with Crippen LogP contribution in [0.2, 0.25) is 0 Å². The first-order chi connectivity index (χ1) is 25.1. The van der Waals surface area contributed by atoms with Crippen LogP contribution >= 0.6 is 0 Å². The number of nitrogens with one attached hydrogen (secondary N) is 4. The van der Waals surface area contributed by atoms with Gasteiger partial charge in [-0.25, -0.2) is 9.97 Å². The molecule has 13 nitrogen and oxygen atoms in total. The summed E-state index contributed by atoms with van der Waals surface area (Å²) in [6.07, 6.45) is 5.78. The summed E-state index contributed by atoms with van der Waals surface area (Å²) < 4.78 is 7.89. The van der Waals surface area contributed by atoms with Crippen LogP contribution in [-0.4, -0.2) is 77.5 Å². The van der Waals surface area contributed by atoms with Crippen molar-refractivity contribution >= 4 is 57.3 Å².